The summed E-state index contributed by atoms with van der Waals surface area (Å²) in [6.45, 7) is 4.00. The van der Waals surface area contributed by atoms with Gasteiger partial charge in [-0.1, -0.05) is 6.92 Å². The van der Waals surface area contributed by atoms with Gasteiger partial charge < -0.3 is 10.5 Å². The van der Waals surface area contributed by atoms with Crippen LogP contribution >= 0.6 is 0 Å². The van der Waals surface area contributed by atoms with Gasteiger partial charge in [-0.05, 0) is 18.9 Å². The van der Waals surface area contributed by atoms with Crippen molar-refractivity contribution >= 4 is 5.97 Å². The standard InChI is InChI=1S/C11H18F2N2O2/c1-7-5-15(3-2-9(7)14)6-8-4-11(12,13)10(16)17-8/h7-9H,2-6,14H2,1H3. The van der Waals surface area contributed by atoms with E-state index in [2.05, 4.69) is 4.74 Å². The lowest BCUT2D eigenvalue weighted by molar-refractivity contribution is -0.159. The average Bonchev–Trinajstić information content (AvgIpc) is 2.46. The van der Waals surface area contributed by atoms with E-state index in [1.54, 1.807) is 0 Å². The van der Waals surface area contributed by atoms with Crippen LogP contribution in [0.25, 0.3) is 0 Å². The number of hydrogen-bond donors (Lipinski definition) is 1. The third-order valence-corrected chi connectivity index (χ3v) is 3.57. The fraction of sp³-hybridized carbons (Fsp3) is 0.909. The van der Waals surface area contributed by atoms with Gasteiger partial charge in [-0.3, -0.25) is 4.90 Å². The van der Waals surface area contributed by atoms with Gasteiger partial charge in [-0.25, -0.2) is 4.79 Å². The van der Waals surface area contributed by atoms with Crippen molar-refractivity contribution in [3.8, 4) is 0 Å². The maximum Gasteiger partial charge on any atom is 0.377 e. The fourth-order valence-electron chi connectivity index (χ4n) is 2.45. The Kier molecular flexibility index (Phi) is 3.36. The molecule has 0 aromatic heterocycles. The van der Waals surface area contributed by atoms with Gasteiger partial charge in [-0.15, -0.1) is 0 Å². The number of nitrogens with two attached hydrogens (primary N) is 1. The lowest BCUT2D eigenvalue weighted by Crippen LogP contribution is -2.48. The zero-order valence-corrected chi connectivity index (χ0v) is 9.86. The van der Waals surface area contributed by atoms with Gasteiger partial charge in [-0.2, -0.15) is 8.78 Å². The van der Waals surface area contributed by atoms with Crippen molar-refractivity contribution in [3.63, 3.8) is 0 Å². The predicted octanol–water partition coefficient (Wildman–Crippen LogP) is 0.606. The number of carbonyl (C=O) groups is 1. The Morgan fingerprint density at radius 1 is 1.59 bits per heavy atom. The second-order valence-corrected chi connectivity index (χ2v) is 5.13. The van der Waals surface area contributed by atoms with Crippen molar-refractivity contribution < 1.29 is 18.3 Å². The number of hydrogen-bond acceptors (Lipinski definition) is 4. The van der Waals surface area contributed by atoms with E-state index in [1.807, 2.05) is 11.8 Å². The Morgan fingerprint density at radius 2 is 2.29 bits per heavy atom. The highest BCUT2D eigenvalue weighted by Gasteiger charge is 2.51. The number of likely N-dealkylation sites (tertiary alicyclic amines) is 1. The molecule has 2 N–H and O–H groups in total. The van der Waals surface area contributed by atoms with Crippen molar-refractivity contribution in [1.82, 2.24) is 4.90 Å². The van der Waals surface area contributed by atoms with E-state index in [1.165, 1.54) is 0 Å². The molecule has 3 unspecified atom stereocenters. The molecule has 0 amide bonds. The Hall–Kier alpha value is -0.750. The maximum atomic E-state index is 13.0. The van der Waals surface area contributed by atoms with Gasteiger partial charge in [0.25, 0.3) is 0 Å². The summed E-state index contributed by atoms with van der Waals surface area (Å²) in [7, 11) is 0. The number of halogens is 2. The number of esters is 1. The van der Waals surface area contributed by atoms with E-state index in [9.17, 15) is 13.6 Å². The number of alkyl halides is 2. The number of rotatable bonds is 2. The Bertz CT molecular complexity index is 312. The molecule has 2 aliphatic heterocycles. The molecule has 2 heterocycles. The predicted molar refractivity (Wildman–Crippen MR) is 57.6 cm³/mol. The highest BCUT2D eigenvalue weighted by atomic mass is 19.3. The summed E-state index contributed by atoms with van der Waals surface area (Å²) in [5.74, 6) is -4.34. The third kappa shape index (κ3) is 2.74. The number of nitrogens with zero attached hydrogens (tertiary/aromatic N) is 1. The molecule has 17 heavy (non-hydrogen) atoms. The Balaban J connectivity index is 1.85. The minimum Gasteiger partial charge on any atom is -0.456 e. The number of carbonyl (C=O) groups excluding carboxylic acids is 1. The van der Waals surface area contributed by atoms with Crippen LogP contribution in [0.1, 0.15) is 19.8 Å². The summed E-state index contributed by atoms with van der Waals surface area (Å²) in [6.07, 6.45) is -0.319. The first-order valence-corrected chi connectivity index (χ1v) is 5.95. The van der Waals surface area contributed by atoms with Gasteiger partial charge in [0.2, 0.25) is 0 Å². The van der Waals surface area contributed by atoms with Crippen LogP contribution in [-0.2, 0) is 9.53 Å². The molecule has 98 valence electrons. The van der Waals surface area contributed by atoms with Gasteiger partial charge in [0.05, 0.1) is 6.42 Å². The summed E-state index contributed by atoms with van der Waals surface area (Å²) < 4.78 is 30.6. The molecule has 0 aliphatic carbocycles. The largest absolute Gasteiger partial charge is 0.456 e. The summed E-state index contributed by atoms with van der Waals surface area (Å²) >= 11 is 0. The molecule has 2 aliphatic rings. The molecule has 4 nitrogen and oxygen atoms in total. The van der Waals surface area contributed by atoms with E-state index in [0.717, 1.165) is 19.5 Å². The van der Waals surface area contributed by atoms with E-state index in [4.69, 9.17) is 5.73 Å². The topological polar surface area (TPSA) is 55.6 Å². The van der Waals surface area contributed by atoms with Crippen LogP contribution in [0.15, 0.2) is 0 Å². The molecule has 2 fully saturated rings. The van der Waals surface area contributed by atoms with Crippen LogP contribution in [0, 0.1) is 5.92 Å². The van der Waals surface area contributed by atoms with E-state index < -0.39 is 24.4 Å². The third-order valence-electron chi connectivity index (χ3n) is 3.57. The van der Waals surface area contributed by atoms with Crippen LogP contribution in [0.2, 0.25) is 0 Å². The van der Waals surface area contributed by atoms with Crippen molar-refractivity contribution in [2.24, 2.45) is 11.7 Å². The summed E-state index contributed by atoms with van der Waals surface area (Å²) in [4.78, 5) is 12.9. The van der Waals surface area contributed by atoms with Crippen molar-refractivity contribution in [3.05, 3.63) is 0 Å². The number of piperidine rings is 1. The van der Waals surface area contributed by atoms with Crippen LogP contribution in [0.4, 0.5) is 8.78 Å². The Labute approximate surface area is 99.1 Å². The van der Waals surface area contributed by atoms with Crippen LogP contribution in [-0.4, -0.2) is 48.6 Å². The number of cyclic esters (lactones) is 1. The van der Waals surface area contributed by atoms with Gasteiger partial charge >= 0.3 is 11.9 Å². The van der Waals surface area contributed by atoms with Crippen molar-refractivity contribution in [2.45, 2.75) is 37.8 Å². The highest BCUT2D eigenvalue weighted by Crippen LogP contribution is 2.31. The van der Waals surface area contributed by atoms with Gasteiger partial charge in [0.1, 0.15) is 6.10 Å². The average molecular weight is 248 g/mol. The van der Waals surface area contributed by atoms with E-state index >= 15 is 0 Å². The van der Waals surface area contributed by atoms with Crippen LogP contribution in [0.5, 0.6) is 0 Å². The molecule has 0 saturated carbocycles. The second-order valence-electron chi connectivity index (χ2n) is 5.13. The first kappa shape index (κ1) is 12.7. The van der Waals surface area contributed by atoms with Gasteiger partial charge in [0, 0.05) is 19.1 Å². The smallest absolute Gasteiger partial charge is 0.377 e. The lowest BCUT2D eigenvalue weighted by Gasteiger charge is -2.35. The molecule has 2 rings (SSSR count). The minimum absolute atomic E-state index is 0.179. The molecule has 6 heteroatoms. The van der Waals surface area contributed by atoms with Crippen LogP contribution in [0.3, 0.4) is 0 Å². The first-order chi connectivity index (χ1) is 7.88. The molecule has 0 spiro atoms. The highest BCUT2D eigenvalue weighted by molar-refractivity contribution is 5.79. The minimum atomic E-state index is -3.30. The van der Waals surface area contributed by atoms with E-state index in [0.29, 0.717) is 12.5 Å². The molecule has 3 atom stereocenters. The summed E-state index contributed by atoms with van der Waals surface area (Å²) in [6, 6.07) is 0.179. The van der Waals surface area contributed by atoms with E-state index in [-0.39, 0.29) is 6.04 Å². The molecule has 2 saturated heterocycles. The quantitative estimate of drug-likeness (QED) is 0.727. The van der Waals surface area contributed by atoms with Gasteiger partial charge in [0.15, 0.2) is 0 Å². The van der Waals surface area contributed by atoms with Crippen molar-refractivity contribution in [2.75, 3.05) is 19.6 Å². The second kappa shape index (κ2) is 4.49. The molecular weight excluding hydrogens is 230 g/mol. The summed E-state index contributed by atoms with van der Waals surface area (Å²) in [5, 5.41) is 0. The van der Waals surface area contributed by atoms with Crippen molar-refractivity contribution in [1.29, 1.82) is 0 Å². The Morgan fingerprint density at radius 3 is 2.82 bits per heavy atom. The first-order valence-electron chi connectivity index (χ1n) is 5.95. The number of ether oxygens (including phenoxy) is 1. The monoisotopic (exact) mass is 248 g/mol. The molecule has 0 radical (unpaired) electrons. The molecule has 0 aromatic rings. The normalized spacial score (nSPS) is 38.1. The molecule has 0 bridgehead atoms. The molecule has 0 aromatic carbocycles. The molecular formula is C11H18F2N2O2. The maximum absolute atomic E-state index is 13.0. The SMILES string of the molecule is CC1CN(CC2CC(F)(F)C(=O)O2)CCC1N. The van der Waals surface area contributed by atoms with Crippen LogP contribution < -0.4 is 5.73 Å². The summed E-state index contributed by atoms with van der Waals surface area (Å²) in [5.41, 5.74) is 5.88. The fourth-order valence-corrected chi connectivity index (χ4v) is 2.45. The zero-order chi connectivity index (χ0) is 12.6. The lowest BCUT2D eigenvalue weighted by atomic mass is 9.94. The zero-order valence-electron chi connectivity index (χ0n) is 9.86.